The van der Waals surface area contributed by atoms with Crippen LogP contribution in [-0.4, -0.2) is 34.3 Å². The standard InChI is InChI=1S/C16H21N3O2/c1-16(2,3)21-15(20)19-11-17-13-10-12(6-7-14(13)19)18-8-4-5-9-18/h6-7,10-11H,4-5,8-9H2,1-3H3. The van der Waals surface area contributed by atoms with Crippen molar-refractivity contribution in [3.8, 4) is 0 Å². The van der Waals surface area contributed by atoms with Crippen LogP contribution in [0.2, 0.25) is 0 Å². The van der Waals surface area contributed by atoms with Crippen molar-refractivity contribution in [2.75, 3.05) is 18.0 Å². The van der Waals surface area contributed by atoms with Gasteiger partial charge >= 0.3 is 6.09 Å². The second-order valence-electron chi connectivity index (χ2n) is 6.46. The predicted octanol–water partition coefficient (Wildman–Crippen LogP) is 3.42. The summed E-state index contributed by atoms with van der Waals surface area (Å²) in [5.41, 5.74) is 2.27. The Morgan fingerprint density at radius 3 is 2.62 bits per heavy atom. The van der Waals surface area contributed by atoms with Gasteiger partial charge in [-0.1, -0.05) is 0 Å². The number of carbonyl (C=O) groups excluding carboxylic acids is 1. The van der Waals surface area contributed by atoms with Crippen LogP contribution < -0.4 is 4.90 Å². The average Bonchev–Trinajstić information content (AvgIpc) is 3.05. The molecule has 21 heavy (non-hydrogen) atoms. The zero-order chi connectivity index (χ0) is 15.0. The van der Waals surface area contributed by atoms with Crippen LogP contribution in [0, 0.1) is 0 Å². The lowest BCUT2D eigenvalue weighted by Gasteiger charge is -2.20. The quantitative estimate of drug-likeness (QED) is 0.806. The summed E-state index contributed by atoms with van der Waals surface area (Å²) in [7, 11) is 0. The van der Waals surface area contributed by atoms with Crippen LogP contribution in [0.5, 0.6) is 0 Å². The maximum atomic E-state index is 12.2. The molecule has 0 radical (unpaired) electrons. The van der Waals surface area contributed by atoms with Crippen LogP contribution in [0.25, 0.3) is 11.0 Å². The van der Waals surface area contributed by atoms with Gasteiger partial charge in [0.1, 0.15) is 11.9 Å². The molecule has 1 aliphatic rings. The van der Waals surface area contributed by atoms with E-state index in [4.69, 9.17) is 4.74 Å². The van der Waals surface area contributed by atoms with E-state index in [-0.39, 0.29) is 6.09 Å². The normalized spacial score (nSPS) is 15.7. The van der Waals surface area contributed by atoms with Gasteiger partial charge in [0.05, 0.1) is 11.0 Å². The summed E-state index contributed by atoms with van der Waals surface area (Å²) in [5.74, 6) is 0. The summed E-state index contributed by atoms with van der Waals surface area (Å²) in [6.45, 7) is 7.76. The minimum Gasteiger partial charge on any atom is -0.443 e. The third-order valence-electron chi connectivity index (χ3n) is 3.59. The average molecular weight is 287 g/mol. The number of carbonyl (C=O) groups is 1. The molecule has 1 aliphatic heterocycles. The molecule has 0 saturated carbocycles. The Kier molecular flexibility index (Phi) is 3.35. The highest BCUT2D eigenvalue weighted by molar-refractivity contribution is 5.88. The van der Waals surface area contributed by atoms with Gasteiger partial charge < -0.3 is 9.64 Å². The van der Waals surface area contributed by atoms with E-state index in [1.165, 1.54) is 29.4 Å². The minimum atomic E-state index is -0.511. The minimum absolute atomic E-state index is 0.390. The van der Waals surface area contributed by atoms with Crippen molar-refractivity contribution < 1.29 is 9.53 Å². The van der Waals surface area contributed by atoms with Gasteiger partial charge in [-0.25, -0.2) is 14.3 Å². The third-order valence-corrected chi connectivity index (χ3v) is 3.59. The van der Waals surface area contributed by atoms with Gasteiger partial charge in [-0.2, -0.15) is 0 Å². The number of hydrogen-bond acceptors (Lipinski definition) is 4. The van der Waals surface area contributed by atoms with E-state index >= 15 is 0 Å². The number of aromatic nitrogens is 2. The first kappa shape index (κ1) is 13.9. The first-order valence-corrected chi connectivity index (χ1v) is 7.39. The lowest BCUT2D eigenvalue weighted by molar-refractivity contribution is 0.0543. The highest BCUT2D eigenvalue weighted by atomic mass is 16.6. The van der Waals surface area contributed by atoms with Crippen LogP contribution in [0.15, 0.2) is 24.5 Å². The van der Waals surface area contributed by atoms with Crippen molar-refractivity contribution in [3.63, 3.8) is 0 Å². The highest BCUT2D eigenvalue weighted by Gasteiger charge is 2.20. The van der Waals surface area contributed by atoms with Crippen LogP contribution in [0.4, 0.5) is 10.5 Å². The fourth-order valence-electron chi connectivity index (χ4n) is 2.63. The molecule has 0 spiro atoms. The summed E-state index contributed by atoms with van der Waals surface area (Å²) in [5, 5.41) is 0. The van der Waals surface area contributed by atoms with Crippen LogP contribution in [-0.2, 0) is 4.74 Å². The van der Waals surface area contributed by atoms with E-state index in [1.54, 1.807) is 0 Å². The number of nitrogens with zero attached hydrogens (tertiary/aromatic N) is 3. The smallest absolute Gasteiger partial charge is 0.420 e. The molecule has 5 heteroatoms. The molecule has 0 unspecified atom stereocenters. The summed E-state index contributed by atoms with van der Waals surface area (Å²) in [4.78, 5) is 18.9. The molecular formula is C16H21N3O2. The van der Waals surface area contributed by atoms with E-state index in [1.807, 2.05) is 32.9 Å². The first-order chi connectivity index (χ1) is 9.94. The van der Waals surface area contributed by atoms with Crippen LogP contribution >= 0.6 is 0 Å². The molecule has 2 heterocycles. The van der Waals surface area contributed by atoms with Gasteiger partial charge in [0.2, 0.25) is 0 Å². The van der Waals surface area contributed by atoms with Gasteiger partial charge in [-0.3, -0.25) is 0 Å². The second-order valence-corrected chi connectivity index (χ2v) is 6.46. The predicted molar refractivity (Wildman–Crippen MR) is 82.8 cm³/mol. The van der Waals surface area contributed by atoms with Crippen molar-refractivity contribution >= 4 is 22.8 Å². The van der Waals surface area contributed by atoms with Gasteiger partial charge in [0, 0.05) is 18.8 Å². The Balaban J connectivity index is 1.90. The number of fused-ring (bicyclic) bond motifs is 1. The van der Waals surface area contributed by atoms with E-state index < -0.39 is 5.60 Å². The Morgan fingerprint density at radius 1 is 1.24 bits per heavy atom. The first-order valence-electron chi connectivity index (χ1n) is 7.39. The maximum Gasteiger partial charge on any atom is 0.420 e. The van der Waals surface area contributed by atoms with Gasteiger partial charge in [0.25, 0.3) is 0 Å². The number of ether oxygens (including phenoxy) is 1. The summed E-state index contributed by atoms with van der Waals surface area (Å²) in [6.07, 6.45) is 3.63. The van der Waals surface area contributed by atoms with Crippen molar-refractivity contribution in [1.29, 1.82) is 0 Å². The van der Waals surface area contributed by atoms with Crippen molar-refractivity contribution in [3.05, 3.63) is 24.5 Å². The van der Waals surface area contributed by atoms with Gasteiger partial charge in [0.15, 0.2) is 0 Å². The van der Waals surface area contributed by atoms with Crippen molar-refractivity contribution in [2.24, 2.45) is 0 Å². The molecule has 0 N–H and O–H groups in total. The van der Waals surface area contributed by atoms with Crippen LogP contribution in [0.3, 0.4) is 0 Å². The van der Waals surface area contributed by atoms with Gasteiger partial charge in [-0.05, 0) is 51.8 Å². The zero-order valence-corrected chi connectivity index (χ0v) is 12.8. The lowest BCUT2D eigenvalue weighted by atomic mass is 10.2. The Labute approximate surface area is 124 Å². The van der Waals surface area contributed by atoms with E-state index in [9.17, 15) is 4.79 Å². The molecule has 1 saturated heterocycles. The molecule has 2 aromatic rings. The Hall–Kier alpha value is -2.04. The molecule has 1 aromatic carbocycles. The van der Waals surface area contributed by atoms with Crippen LogP contribution in [0.1, 0.15) is 33.6 Å². The molecule has 1 fully saturated rings. The molecule has 0 bridgehead atoms. The molecule has 3 rings (SSSR count). The Bertz CT molecular complexity index is 664. The van der Waals surface area contributed by atoms with Crippen molar-refractivity contribution in [2.45, 2.75) is 39.2 Å². The summed E-state index contributed by atoms with van der Waals surface area (Å²) in [6, 6.07) is 6.04. The lowest BCUT2D eigenvalue weighted by Crippen LogP contribution is -2.26. The topological polar surface area (TPSA) is 47.4 Å². The summed E-state index contributed by atoms with van der Waals surface area (Å²) >= 11 is 0. The fourth-order valence-corrected chi connectivity index (χ4v) is 2.63. The third kappa shape index (κ3) is 2.86. The number of rotatable bonds is 1. The van der Waals surface area contributed by atoms with E-state index in [2.05, 4.69) is 16.0 Å². The Morgan fingerprint density at radius 2 is 1.95 bits per heavy atom. The second kappa shape index (κ2) is 5.06. The largest absolute Gasteiger partial charge is 0.443 e. The van der Waals surface area contributed by atoms with E-state index in [0.29, 0.717) is 0 Å². The molecule has 0 atom stereocenters. The fraction of sp³-hybridized carbons (Fsp3) is 0.500. The zero-order valence-electron chi connectivity index (χ0n) is 12.8. The van der Waals surface area contributed by atoms with Crippen molar-refractivity contribution in [1.82, 2.24) is 9.55 Å². The van der Waals surface area contributed by atoms with E-state index in [0.717, 1.165) is 24.1 Å². The maximum absolute atomic E-state index is 12.2. The molecule has 0 amide bonds. The monoisotopic (exact) mass is 287 g/mol. The summed E-state index contributed by atoms with van der Waals surface area (Å²) < 4.78 is 6.86. The number of benzene rings is 1. The number of hydrogen-bond donors (Lipinski definition) is 0. The SMILES string of the molecule is CC(C)(C)OC(=O)n1cnc2cc(N3CCCC3)ccc21. The molecule has 112 valence electrons. The van der Waals surface area contributed by atoms with Gasteiger partial charge in [-0.15, -0.1) is 0 Å². The molecule has 1 aromatic heterocycles. The number of imidazole rings is 1. The molecular weight excluding hydrogens is 266 g/mol. The highest BCUT2D eigenvalue weighted by Crippen LogP contribution is 2.25. The number of anilines is 1. The molecule has 0 aliphatic carbocycles. The molecule has 5 nitrogen and oxygen atoms in total.